The van der Waals surface area contributed by atoms with E-state index in [1.807, 2.05) is 13.0 Å². The van der Waals surface area contributed by atoms with E-state index >= 15 is 0 Å². The SMILES string of the molecule is CNS(=O)(=O)c1ccccc1Nc1nc(Nc2cc(C)c(N3CCC(N4CCN(C)CC4)CC3)nc2OC)ncc1Cl. The van der Waals surface area contributed by atoms with Crippen molar-refractivity contribution >= 4 is 50.6 Å². The number of hydrogen-bond acceptors (Lipinski definition) is 11. The molecule has 2 fully saturated rings. The van der Waals surface area contributed by atoms with E-state index in [4.69, 9.17) is 21.3 Å². The van der Waals surface area contributed by atoms with E-state index in [9.17, 15) is 8.42 Å². The number of sulfonamides is 1. The van der Waals surface area contributed by atoms with Crippen molar-refractivity contribution in [2.45, 2.75) is 30.7 Å². The van der Waals surface area contributed by atoms with E-state index in [-0.39, 0.29) is 21.7 Å². The first-order valence-corrected chi connectivity index (χ1v) is 15.9. The van der Waals surface area contributed by atoms with Gasteiger partial charge in [0, 0.05) is 45.3 Å². The summed E-state index contributed by atoms with van der Waals surface area (Å²) in [5.74, 6) is 1.83. The second kappa shape index (κ2) is 13.0. The number of para-hydroxylation sites is 1. The molecule has 0 aliphatic carbocycles. The third-order valence-electron chi connectivity index (χ3n) is 7.85. The molecule has 4 heterocycles. The molecule has 3 N–H and O–H groups in total. The number of benzene rings is 1. The minimum atomic E-state index is -3.71. The van der Waals surface area contributed by atoms with Crippen molar-refractivity contribution < 1.29 is 13.2 Å². The molecule has 2 aliphatic rings. The lowest BCUT2D eigenvalue weighted by molar-refractivity contribution is 0.0981. The van der Waals surface area contributed by atoms with Gasteiger partial charge in [-0.1, -0.05) is 23.7 Å². The molecule has 3 aromatic rings. The average molecular weight is 616 g/mol. The maximum Gasteiger partial charge on any atom is 0.242 e. The van der Waals surface area contributed by atoms with Gasteiger partial charge in [0.05, 0.1) is 19.0 Å². The number of methoxy groups -OCH3 is 1. The smallest absolute Gasteiger partial charge is 0.242 e. The van der Waals surface area contributed by atoms with Gasteiger partial charge in [-0.25, -0.2) is 18.1 Å². The first-order valence-electron chi connectivity index (χ1n) is 14.0. The Bertz CT molecular complexity index is 1510. The standard InChI is InChI=1S/C28H38ClN9O3S/c1-19-17-23(27(41-4)35-26(19)38-11-9-20(10-12-38)37-15-13-36(3)14-16-37)33-28-31-18-21(29)25(34-28)32-22-7-5-6-8-24(22)42(39,40)30-2/h5-8,17-18,20,30H,9-16H2,1-4H3,(H2,31,32,33,34). The minimum absolute atomic E-state index is 0.0707. The summed E-state index contributed by atoms with van der Waals surface area (Å²) in [6, 6.07) is 9.10. The van der Waals surface area contributed by atoms with E-state index in [0.717, 1.165) is 63.5 Å². The fourth-order valence-corrected chi connectivity index (χ4v) is 6.48. The molecule has 42 heavy (non-hydrogen) atoms. The van der Waals surface area contributed by atoms with Crippen molar-refractivity contribution in [3.63, 3.8) is 0 Å². The predicted molar refractivity (Wildman–Crippen MR) is 166 cm³/mol. The number of nitrogens with zero attached hydrogens (tertiary/aromatic N) is 6. The van der Waals surface area contributed by atoms with Gasteiger partial charge in [-0.3, -0.25) is 4.90 Å². The van der Waals surface area contributed by atoms with Crippen molar-refractivity contribution in [3.8, 4) is 5.88 Å². The number of likely N-dealkylation sites (N-methyl/N-ethyl adjacent to an activating group) is 1. The summed E-state index contributed by atoms with van der Waals surface area (Å²) in [6.07, 6.45) is 3.67. The molecule has 0 spiro atoms. The second-order valence-electron chi connectivity index (χ2n) is 10.6. The number of piperidine rings is 1. The fourth-order valence-electron chi connectivity index (χ4n) is 5.46. The Morgan fingerprint density at radius 1 is 1.00 bits per heavy atom. The first-order chi connectivity index (χ1) is 20.2. The Hall–Kier alpha value is -3.23. The zero-order chi connectivity index (χ0) is 29.9. The Balaban J connectivity index is 1.31. The summed E-state index contributed by atoms with van der Waals surface area (Å²) in [5.41, 5.74) is 1.95. The van der Waals surface area contributed by atoms with Crippen LogP contribution in [0.25, 0.3) is 0 Å². The summed E-state index contributed by atoms with van der Waals surface area (Å²) >= 11 is 6.38. The normalized spacial score (nSPS) is 17.3. The second-order valence-corrected chi connectivity index (χ2v) is 12.8. The van der Waals surface area contributed by atoms with Crippen molar-refractivity contribution in [3.05, 3.63) is 47.1 Å². The number of ether oxygens (including phenoxy) is 1. The topological polar surface area (TPSA) is 128 Å². The lowest BCUT2D eigenvalue weighted by Gasteiger charge is -2.42. The number of rotatable bonds is 9. The van der Waals surface area contributed by atoms with Crippen LogP contribution in [-0.2, 0) is 10.0 Å². The Kier molecular flexibility index (Phi) is 9.33. The molecule has 0 amide bonds. The van der Waals surface area contributed by atoms with Gasteiger partial charge in [0.25, 0.3) is 0 Å². The summed E-state index contributed by atoms with van der Waals surface area (Å²) in [4.78, 5) is 21.1. The molecule has 0 bridgehead atoms. The molecule has 2 aliphatic heterocycles. The van der Waals surface area contributed by atoms with Crippen molar-refractivity contribution in [2.24, 2.45) is 0 Å². The molecule has 226 valence electrons. The minimum Gasteiger partial charge on any atom is -0.479 e. The molecule has 0 saturated carbocycles. The highest BCUT2D eigenvalue weighted by atomic mass is 35.5. The van der Waals surface area contributed by atoms with Gasteiger partial charge in [-0.15, -0.1) is 0 Å². The van der Waals surface area contributed by atoms with E-state index in [1.54, 1.807) is 25.3 Å². The Labute approximate surface area is 252 Å². The summed E-state index contributed by atoms with van der Waals surface area (Å²) < 4.78 is 33.0. The molecule has 2 aromatic heterocycles. The van der Waals surface area contributed by atoms with Crippen LogP contribution in [0.15, 0.2) is 41.4 Å². The average Bonchev–Trinajstić information content (AvgIpc) is 3.00. The first kappa shape index (κ1) is 30.2. The van der Waals surface area contributed by atoms with Crippen molar-refractivity contribution in [1.29, 1.82) is 0 Å². The fraction of sp³-hybridized carbons (Fsp3) is 0.464. The highest BCUT2D eigenvalue weighted by molar-refractivity contribution is 7.89. The summed E-state index contributed by atoms with van der Waals surface area (Å²) in [5, 5.41) is 6.45. The van der Waals surface area contributed by atoms with E-state index in [0.29, 0.717) is 23.3 Å². The largest absolute Gasteiger partial charge is 0.479 e. The van der Waals surface area contributed by atoms with Crippen molar-refractivity contribution in [1.82, 2.24) is 29.5 Å². The predicted octanol–water partition coefficient (Wildman–Crippen LogP) is 3.45. The molecule has 2 saturated heterocycles. The highest BCUT2D eigenvalue weighted by Gasteiger charge is 2.28. The van der Waals surface area contributed by atoms with Gasteiger partial charge in [-0.2, -0.15) is 9.97 Å². The van der Waals surface area contributed by atoms with Crippen LogP contribution in [0.2, 0.25) is 5.02 Å². The van der Waals surface area contributed by atoms with Gasteiger partial charge < -0.3 is 25.2 Å². The van der Waals surface area contributed by atoms with Gasteiger partial charge in [-0.05, 0) is 57.6 Å². The Morgan fingerprint density at radius 3 is 2.40 bits per heavy atom. The monoisotopic (exact) mass is 615 g/mol. The molecule has 0 radical (unpaired) electrons. The number of nitrogens with one attached hydrogen (secondary N) is 3. The van der Waals surface area contributed by atoms with Crippen LogP contribution in [-0.4, -0.2) is 99.7 Å². The van der Waals surface area contributed by atoms with Crippen LogP contribution in [0.1, 0.15) is 18.4 Å². The Morgan fingerprint density at radius 2 is 1.71 bits per heavy atom. The number of piperazine rings is 1. The van der Waals surface area contributed by atoms with Crippen LogP contribution >= 0.6 is 11.6 Å². The molecule has 5 rings (SSSR count). The third kappa shape index (κ3) is 6.70. The van der Waals surface area contributed by atoms with Crippen molar-refractivity contribution in [2.75, 3.05) is 76.0 Å². The maximum atomic E-state index is 12.5. The zero-order valence-corrected chi connectivity index (χ0v) is 26.0. The number of hydrogen-bond donors (Lipinski definition) is 3. The lowest BCUT2D eigenvalue weighted by atomic mass is 10.0. The van der Waals surface area contributed by atoms with Gasteiger partial charge in [0.2, 0.25) is 21.9 Å². The van der Waals surface area contributed by atoms with Gasteiger partial charge in [0.15, 0.2) is 5.82 Å². The van der Waals surface area contributed by atoms with Crippen LogP contribution in [0.3, 0.4) is 0 Å². The van der Waals surface area contributed by atoms with Crippen LogP contribution < -0.4 is 25.0 Å². The molecule has 0 atom stereocenters. The highest BCUT2D eigenvalue weighted by Crippen LogP contribution is 2.34. The van der Waals surface area contributed by atoms with Crippen LogP contribution in [0.5, 0.6) is 5.88 Å². The number of anilines is 5. The summed E-state index contributed by atoms with van der Waals surface area (Å²) in [6.45, 7) is 8.46. The molecule has 12 nitrogen and oxygen atoms in total. The lowest BCUT2D eigenvalue weighted by Crippen LogP contribution is -2.52. The maximum absolute atomic E-state index is 12.5. The van der Waals surface area contributed by atoms with Gasteiger partial charge in [0.1, 0.15) is 21.4 Å². The summed E-state index contributed by atoms with van der Waals surface area (Å²) in [7, 11) is 1.43. The molecule has 0 unspecified atom stereocenters. The molecular weight excluding hydrogens is 578 g/mol. The van der Waals surface area contributed by atoms with E-state index in [2.05, 4.69) is 47.1 Å². The number of aromatic nitrogens is 3. The molecule has 14 heteroatoms. The van der Waals surface area contributed by atoms with Crippen LogP contribution in [0, 0.1) is 6.92 Å². The number of aryl methyl sites for hydroxylation is 1. The molecule has 1 aromatic carbocycles. The number of pyridine rings is 1. The van der Waals surface area contributed by atoms with Crippen LogP contribution in [0.4, 0.5) is 29.0 Å². The quantitative estimate of drug-likeness (QED) is 0.327. The molecular formula is C28H38ClN9O3S. The van der Waals surface area contributed by atoms with E-state index < -0.39 is 10.0 Å². The number of halogens is 1. The van der Waals surface area contributed by atoms with Gasteiger partial charge >= 0.3 is 0 Å². The third-order valence-corrected chi connectivity index (χ3v) is 9.60. The zero-order valence-electron chi connectivity index (χ0n) is 24.4. The van der Waals surface area contributed by atoms with E-state index in [1.165, 1.54) is 19.3 Å².